The summed E-state index contributed by atoms with van der Waals surface area (Å²) in [5, 5.41) is -0.829. The summed E-state index contributed by atoms with van der Waals surface area (Å²) >= 11 is 1.75. The molecule has 3 aliphatic rings. The van der Waals surface area contributed by atoms with Crippen molar-refractivity contribution in [2.45, 2.75) is 48.2 Å². The Morgan fingerprint density at radius 1 is 0.927 bits per heavy atom. The number of carbonyl (C=O) groups excluding carboxylic acids is 3. The van der Waals surface area contributed by atoms with Crippen LogP contribution in [0.5, 0.6) is 0 Å². The number of halogens is 4. The van der Waals surface area contributed by atoms with Crippen LogP contribution in [0.3, 0.4) is 0 Å². The van der Waals surface area contributed by atoms with Crippen molar-refractivity contribution in [2.75, 3.05) is 18.0 Å². The van der Waals surface area contributed by atoms with Crippen LogP contribution < -0.4 is 9.77 Å². The van der Waals surface area contributed by atoms with Gasteiger partial charge < -0.3 is 4.90 Å². The lowest BCUT2D eigenvalue weighted by atomic mass is 9.83. The monoisotopic (exact) mass is 605 g/mol. The Morgan fingerprint density at radius 3 is 2.29 bits per heavy atom. The molecule has 0 unspecified atom stereocenters. The van der Waals surface area contributed by atoms with Gasteiger partial charge in [-0.05, 0) is 49.1 Å². The molecule has 6 rings (SSSR count). The highest BCUT2D eigenvalue weighted by Gasteiger charge is 2.57. The van der Waals surface area contributed by atoms with Gasteiger partial charge in [0.2, 0.25) is 17.7 Å². The van der Waals surface area contributed by atoms with Gasteiger partial charge in [0, 0.05) is 23.9 Å². The van der Waals surface area contributed by atoms with Crippen molar-refractivity contribution in [3.05, 3.63) is 80.0 Å². The number of piperidine rings is 1. The zero-order chi connectivity index (χ0) is 29.1. The Kier molecular flexibility index (Phi) is 7.05. The van der Waals surface area contributed by atoms with E-state index in [1.807, 2.05) is 0 Å². The number of aromatic nitrogens is 1. The molecule has 2 saturated heterocycles. The number of likely N-dealkylation sites (tertiary alicyclic amines) is 1. The maximum atomic E-state index is 13.9. The molecule has 3 atom stereocenters. The summed E-state index contributed by atoms with van der Waals surface area (Å²) in [6.45, 7) is 0.904. The predicted octanol–water partition coefficient (Wildman–Crippen LogP) is 4.88. The number of benzene rings is 2. The average Bonchev–Trinajstić information content (AvgIpc) is 3.39. The van der Waals surface area contributed by atoms with Crippen LogP contribution in [-0.2, 0) is 27.1 Å². The van der Waals surface area contributed by atoms with Crippen molar-refractivity contribution in [2.24, 2.45) is 5.92 Å². The van der Waals surface area contributed by atoms with Crippen LogP contribution in [0.1, 0.15) is 41.2 Å². The van der Waals surface area contributed by atoms with Crippen LogP contribution >= 0.6 is 23.1 Å². The summed E-state index contributed by atoms with van der Waals surface area (Å²) in [7, 11) is 0. The van der Waals surface area contributed by atoms with Crippen LogP contribution in [-0.4, -0.2) is 45.5 Å². The molecule has 0 spiro atoms. The molecule has 41 heavy (non-hydrogen) atoms. The van der Waals surface area contributed by atoms with Gasteiger partial charge in [0.25, 0.3) is 0 Å². The van der Waals surface area contributed by atoms with E-state index >= 15 is 0 Å². The van der Waals surface area contributed by atoms with Crippen LogP contribution in [0.4, 0.5) is 23.2 Å². The molecule has 3 amide bonds. The van der Waals surface area contributed by atoms with Crippen molar-refractivity contribution >= 4 is 46.5 Å². The number of hydrogen-bond donors (Lipinski definition) is 0. The van der Waals surface area contributed by atoms with E-state index in [-0.39, 0.29) is 12.5 Å². The highest BCUT2D eigenvalue weighted by atomic mass is 32.2. The number of nitrogens with zero attached hydrogens (tertiary/aromatic N) is 3. The van der Waals surface area contributed by atoms with Crippen molar-refractivity contribution in [3.8, 4) is 0 Å². The van der Waals surface area contributed by atoms with E-state index in [9.17, 15) is 36.7 Å². The maximum Gasteiger partial charge on any atom is 0.418 e. The Balaban J connectivity index is 1.45. The lowest BCUT2D eigenvalue weighted by molar-refractivity contribution is -0.137. The molecule has 0 saturated carbocycles. The number of imide groups is 1. The van der Waals surface area contributed by atoms with Crippen LogP contribution in [0, 0.1) is 11.7 Å². The molecule has 214 valence electrons. The van der Waals surface area contributed by atoms with Crippen molar-refractivity contribution in [1.82, 2.24) is 9.47 Å². The Hall–Kier alpha value is -3.45. The van der Waals surface area contributed by atoms with Gasteiger partial charge in [-0.2, -0.15) is 13.2 Å². The molecule has 2 fully saturated rings. The fourth-order valence-corrected chi connectivity index (χ4v) is 8.58. The van der Waals surface area contributed by atoms with E-state index in [1.165, 1.54) is 41.0 Å². The molecule has 13 heteroatoms. The number of fused-ring (bicyclic) bond motifs is 2. The fraction of sp³-hybridized carbons (Fsp3) is 0.357. The average molecular weight is 606 g/mol. The summed E-state index contributed by atoms with van der Waals surface area (Å²) in [4.78, 5) is 56.2. The second kappa shape index (κ2) is 10.4. The number of amides is 3. The first kappa shape index (κ1) is 27.7. The molecule has 4 heterocycles. The molecule has 0 radical (unpaired) electrons. The molecule has 0 aliphatic carbocycles. The molecule has 2 aromatic carbocycles. The summed E-state index contributed by atoms with van der Waals surface area (Å²) in [6, 6.07) is 9.63. The fourth-order valence-electron chi connectivity index (χ4n) is 5.81. The highest BCUT2D eigenvalue weighted by Crippen LogP contribution is 2.54. The minimum absolute atomic E-state index is 0.247. The summed E-state index contributed by atoms with van der Waals surface area (Å²) in [5.41, 5.74) is -1.25. The first-order valence-electron chi connectivity index (χ1n) is 13.0. The van der Waals surface area contributed by atoms with Gasteiger partial charge in [-0.1, -0.05) is 47.4 Å². The molecule has 1 aromatic heterocycles. The second-order valence-electron chi connectivity index (χ2n) is 10.2. The van der Waals surface area contributed by atoms with Crippen LogP contribution in [0.2, 0.25) is 0 Å². The first-order chi connectivity index (χ1) is 19.6. The molecule has 3 aromatic rings. The zero-order valence-corrected chi connectivity index (χ0v) is 23.0. The molecule has 3 aliphatic heterocycles. The quantitative estimate of drug-likeness (QED) is 0.313. The standard InChI is InChI=1S/C28H23F4N3O4S2/c29-16-10-8-15(9-11-16)20-21-22(25(38)35(24(21)37)18-7-3-2-6-17(18)28(30,31)32)40-26-23(20)41-27(39)34(26)14-19(36)33-12-4-1-5-13-33/h2-3,6-11,20-22H,1,4-5,12-14H2/t20-,21-,22+/m0/s1. The van der Waals surface area contributed by atoms with Gasteiger partial charge >= 0.3 is 11.0 Å². The molecule has 0 bridgehead atoms. The zero-order valence-electron chi connectivity index (χ0n) is 21.4. The predicted molar refractivity (Wildman–Crippen MR) is 144 cm³/mol. The minimum atomic E-state index is -4.82. The van der Waals surface area contributed by atoms with Gasteiger partial charge in [0.15, 0.2) is 0 Å². The minimum Gasteiger partial charge on any atom is -0.341 e. The van der Waals surface area contributed by atoms with Gasteiger partial charge in [0.1, 0.15) is 17.6 Å². The molecular formula is C28H23F4N3O4S2. The maximum absolute atomic E-state index is 13.9. The Labute approximate surface area is 239 Å². The number of para-hydroxylation sites is 1. The first-order valence-corrected chi connectivity index (χ1v) is 14.7. The molecular weight excluding hydrogens is 582 g/mol. The van der Waals surface area contributed by atoms with E-state index in [2.05, 4.69) is 0 Å². The topological polar surface area (TPSA) is 79.7 Å². The number of hydrogen-bond acceptors (Lipinski definition) is 6. The number of anilines is 1. The lowest BCUT2D eigenvalue weighted by Crippen LogP contribution is -2.39. The summed E-state index contributed by atoms with van der Waals surface area (Å²) < 4.78 is 56.8. The van der Waals surface area contributed by atoms with Crippen molar-refractivity contribution < 1.29 is 31.9 Å². The number of carbonyl (C=O) groups is 3. The molecule has 7 nitrogen and oxygen atoms in total. The van der Waals surface area contributed by atoms with Crippen LogP contribution in [0.15, 0.2) is 58.4 Å². The van der Waals surface area contributed by atoms with E-state index in [0.29, 0.717) is 33.5 Å². The number of thiazole rings is 1. The SMILES string of the molecule is O=C(Cn1c2c(sc1=O)[C@@H](c1ccc(F)cc1)[C@@H]1C(=O)N(c3ccccc3C(F)(F)F)C(=O)[C@@H]1S2)N1CCCCC1. The number of rotatable bonds is 4. The Bertz CT molecular complexity index is 1590. The third kappa shape index (κ3) is 4.78. The Morgan fingerprint density at radius 2 is 1.61 bits per heavy atom. The van der Waals surface area contributed by atoms with Gasteiger partial charge in [-0.25, -0.2) is 9.29 Å². The third-order valence-corrected chi connectivity index (χ3v) is 10.3. The van der Waals surface area contributed by atoms with Crippen LogP contribution in [0.25, 0.3) is 0 Å². The van der Waals surface area contributed by atoms with Crippen molar-refractivity contribution in [3.63, 3.8) is 0 Å². The summed E-state index contributed by atoms with van der Waals surface area (Å²) in [6.07, 6.45) is -2.08. The highest BCUT2D eigenvalue weighted by molar-refractivity contribution is 8.00. The smallest absolute Gasteiger partial charge is 0.341 e. The van der Waals surface area contributed by atoms with Gasteiger partial charge in [-0.3, -0.25) is 23.7 Å². The normalized spacial score (nSPS) is 22.6. The van der Waals surface area contributed by atoms with Crippen molar-refractivity contribution in [1.29, 1.82) is 0 Å². The van der Waals surface area contributed by atoms with E-state index < -0.39 is 57.0 Å². The van der Waals surface area contributed by atoms with E-state index in [1.54, 1.807) is 4.90 Å². The number of alkyl halides is 3. The molecule has 0 N–H and O–H groups in total. The summed E-state index contributed by atoms with van der Waals surface area (Å²) in [5.74, 6) is -4.50. The van der Waals surface area contributed by atoms with E-state index in [4.69, 9.17) is 0 Å². The largest absolute Gasteiger partial charge is 0.418 e. The van der Waals surface area contributed by atoms with Gasteiger partial charge in [0.05, 0.1) is 22.2 Å². The lowest BCUT2D eigenvalue weighted by Gasteiger charge is -2.31. The second-order valence-corrected chi connectivity index (χ2v) is 12.3. The van der Waals surface area contributed by atoms with E-state index in [0.717, 1.165) is 54.5 Å². The number of thioether (sulfide) groups is 1. The van der Waals surface area contributed by atoms with Gasteiger partial charge in [-0.15, -0.1) is 0 Å². The third-order valence-electron chi connectivity index (χ3n) is 7.73.